The summed E-state index contributed by atoms with van der Waals surface area (Å²) in [4.78, 5) is 10.9. The second kappa shape index (κ2) is 9.52. The average Bonchev–Trinajstić information content (AvgIpc) is 2.27. The highest BCUT2D eigenvalue weighted by Gasteiger charge is 1.98. The molecule has 0 aliphatic carbocycles. The van der Waals surface area contributed by atoms with Gasteiger partial charge >= 0.3 is 0 Å². The molecule has 0 heterocycles. The predicted molar refractivity (Wildman–Crippen MR) is 62.8 cm³/mol. The topological polar surface area (TPSA) is 29.1 Å². The van der Waals surface area contributed by atoms with Crippen LogP contribution in [0.1, 0.15) is 20.8 Å². The summed E-state index contributed by atoms with van der Waals surface area (Å²) >= 11 is 0. The molecule has 0 fully saturated rings. The first-order chi connectivity index (χ1) is 6.65. The van der Waals surface area contributed by atoms with Crippen LogP contribution >= 0.6 is 0 Å². The van der Waals surface area contributed by atoms with Crippen LogP contribution in [0, 0.1) is 0 Å². The van der Waals surface area contributed by atoms with Crippen LogP contribution in [0.5, 0.6) is 0 Å². The summed E-state index contributed by atoms with van der Waals surface area (Å²) < 4.78 is 0. The number of allylic oxidation sites excluding steroid dienone is 3. The molecule has 0 saturated heterocycles. The van der Waals surface area contributed by atoms with E-state index in [1.54, 1.807) is 12.2 Å². The van der Waals surface area contributed by atoms with Crippen molar-refractivity contribution in [1.29, 1.82) is 0 Å². The van der Waals surface area contributed by atoms with Crippen LogP contribution in [0.3, 0.4) is 0 Å². The molecular weight excluding hydrogens is 174 g/mol. The zero-order valence-corrected chi connectivity index (χ0v) is 9.26. The molecule has 0 aromatic carbocycles. The highest BCUT2D eigenvalue weighted by atomic mass is 16.1. The Bertz CT molecular complexity index is 249. The Labute approximate surface area is 86.7 Å². The summed E-state index contributed by atoms with van der Waals surface area (Å²) in [5, 5.41) is 2.60. The van der Waals surface area contributed by atoms with E-state index in [2.05, 4.69) is 25.1 Å². The Kier molecular flexibility index (Phi) is 10.1. The number of amides is 1. The minimum atomic E-state index is -0.244. The van der Waals surface area contributed by atoms with Crippen LogP contribution in [0.25, 0.3) is 0 Å². The van der Waals surface area contributed by atoms with Crippen molar-refractivity contribution in [3.8, 4) is 0 Å². The summed E-state index contributed by atoms with van der Waals surface area (Å²) in [6, 6.07) is 0. The van der Waals surface area contributed by atoms with E-state index in [1.165, 1.54) is 6.08 Å². The molecule has 1 amide bonds. The minimum absolute atomic E-state index is 0.244. The van der Waals surface area contributed by atoms with Crippen LogP contribution in [-0.2, 0) is 4.79 Å². The van der Waals surface area contributed by atoms with Crippen LogP contribution in [-0.4, -0.2) is 5.91 Å². The third-order valence-corrected chi connectivity index (χ3v) is 1.38. The van der Waals surface area contributed by atoms with E-state index >= 15 is 0 Å². The first kappa shape index (κ1) is 14.9. The maximum Gasteiger partial charge on any atom is 0.247 e. The second-order valence-electron chi connectivity index (χ2n) is 2.20. The van der Waals surface area contributed by atoms with Gasteiger partial charge in [0.1, 0.15) is 0 Å². The van der Waals surface area contributed by atoms with E-state index in [0.717, 1.165) is 5.57 Å². The zero-order chi connectivity index (χ0) is 11.6. The van der Waals surface area contributed by atoms with E-state index in [9.17, 15) is 4.79 Å². The van der Waals surface area contributed by atoms with Gasteiger partial charge in [-0.05, 0) is 24.6 Å². The van der Waals surface area contributed by atoms with Crippen molar-refractivity contribution in [3.63, 3.8) is 0 Å². The zero-order valence-electron chi connectivity index (χ0n) is 9.26. The van der Waals surface area contributed by atoms with E-state index in [0.29, 0.717) is 5.70 Å². The number of carbonyl (C=O) groups is 1. The van der Waals surface area contributed by atoms with Crippen LogP contribution in [0.4, 0.5) is 0 Å². The lowest BCUT2D eigenvalue weighted by molar-refractivity contribution is -0.115. The molecule has 0 spiro atoms. The van der Waals surface area contributed by atoms with Gasteiger partial charge in [0, 0.05) is 5.70 Å². The highest BCUT2D eigenvalue weighted by Crippen LogP contribution is 2.01. The maximum absolute atomic E-state index is 10.9. The van der Waals surface area contributed by atoms with Gasteiger partial charge in [0.05, 0.1) is 0 Å². The molecule has 0 aliphatic rings. The molecule has 0 aromatic rings. The lowest BCUT2D eigenvalue weighted by Gasteiger charge is -2.04. The van der Waals surface area contributed by atoms with Crippen molar-refractivity contribution in [2.75, 3.05) is 0 Å². The van der Waals surface area contributed by atoms with Crippen molar-refractivity contribution < 1.29 is 4.79 Å². The van der Waals surface area contributed by atoms with E-state index in [4.69, 9.17) is 0 Å². The fourth-order valence-electron chi connectivity index (χ4n) is 0.604. The number of hydrogen-bond donors (Lipinski definition) is 1. The van der Waals surface area contributed by atoms with Gasteiger partial charge < -0.3 is 5.32 Å². The number of hydrogen-bond acceptors (Lipinski definition) is 1. The van der Waals surface area contributed by atoms with E-state index in [-0.39, 0.29) is 5.91 Å². The fraction of sp³-hybridized carbons (Fsp3) is 0.250. The third kappa shape index (κ3) is 6.00. The molecule has 2 nitrogen and oxygen atoms in total. The fourth-order valence-corrected chi connectivity index (χ4v) is 0.604. The van der Waals surface area contributed by atoms with Crippen molar-refractivity contribution in [1.82, 2.24) is 5.32 Å². The minimum Gasteiger partial charge on any atom is -0.322 e. The first-order valence-corrected chi connectivity index (χ1v) is 4.54. The van der Waals surface area contributed by atoms with E-state index in [1.807, 2.05) is 20.8 Å². The number of carbonyl (C=O) groups excluding carboxylic acids is 1. The van der Waals surface area contributed by atoms with Gasteiger partial charge in [0.15, 0.2) is 0 Å². The van der Waals surface area contributed by atoms with E-state index < -0.39 is 0 Å². The average molecular weight is 193 g/mol. The predicted octanol–water partition coefficient (Wildman–Crippen LogP) is 2.96. The van der Waals surface area contributed by atoms with Gasteiger partial charge in [-0.3, -0.25) is 4.79 Å². The normalized spacial score (nSPS) is 9.93. The Morgan fingerprint density at radius 1 is 1.07 bits per heavy atom. The van der Waals surface area contributed by atoms with Crippen LogP contribution in [0.15, 0.2) is 49.2 Å². The SMILES string of the molecule is C=CC(=O)N/C(C=C)=C(\C)C=C.CC. The molecule has 0 aromatic heterocycles. The van der Waals surface area contributed by atoms with Gasteiger partial charge in [-0.25, -0.2) is 0 Å². The third-order valence-electron chi connectivity index (χ3n) is 1.38. The lowest BCUT2D eigenvalue weighted by Crippen LogP contribution is -2.19. The molecule has 78 valence electrons. The maximum atomic E-state index is 10.9. The Balaban J connectivity index is 0. The van der Waals surface area contributed by atoms with Gasteiger partial charge in [0.25, 0.3) is 0 Å². The van der Waals surface area contributed by atoms with Gasteiger partial charge in [0.2, 0.25) is 5.91 Å². The smallest absolute Gasteiger partial charge is 0.247 e. The van der Waals surface area contributed by atoms with Gasteiger partial charge in [-0.15, -0.1) is 0 Å². The number of nitrogens with one attached hydrogen (secondary N) is 1. The van der Waals surface area contributed by atoms with Crippen LogP contribution in [0.2, 0.25) is 0 Å². The highest BCUT2D eigenvalue weighted by molar-refractivity contribution is 5.88. The Hall–Kier alpha value is -1.57. The summed E-state index contributed by atoms with van der Waals surface area (Å²) in [5.41, 5.74) is 1.54. The van der Waals surface area contributed by atoms with Crippen molar-refractivity contribution in [2.24, 2.45) is 0 Å². The van der Waals surface area contributed by atoms with Crippen molar-refractivity contribution in [2.45, 2.75) is 20.8 Å². The summed E-state index contributed by atoms with van der Waals surface area (Å²) in [5.74, 6) is -0.244. The van der Waals surface area contributed by atoms with Crippen molar-refractivity contribution in [3.05, 3.63) is 49.2 Å². The summed E-state index contributed by atoms with van der Waals surface area (Å²) in [6.07, 6.45) is 4.43. The molecule has 2 heteroatoms. The Morgan fingerprint density at radius 3 is 1.86 bits per heavy atom. The number of rotatable bonds is 4. The standard InChI is InChI=1S/C10H13NO.C2H6/c1-5-8(4)9(6-2)11-10(12)7-3;1-2/h5-7H,1-3H2,4H3,(H,11,12);1-2H3/b9-8+;. The van der Waals surface area contributed by atoms with Crippen molar-refractivity contribution >= 4 is 5.91 Å². The summed E-state index contributed by atoms with van der Waals surface area (Å²) in [7, 11) is 0. The Morgan fingerprint density at radius 2 is 1.57 bits per heavy atom. The monoisotopic (exact) mass is 193 g/mol. The first-order valence-electron chi connectivity index (χ1n) is 4.54. The molecule has 0 saturated carbocycles. The molecule has 14 heavy (non-hydrogen) atoms. The molecular formula is C12H19NO. The van der Waals surface area contributed by atoms with Gasteiger partial charge in [-0.2, -0.15) is 0 Å². The molecule has 1 N–H and O–H groups in total. The molecule has 0 radical (unpaired) electrons. The van der Waals surface area contributed by atoms with Crippen LogP contribution < -0.4 is 5.32 Å². The largest absolute Gasteiger partial charge is 0.322 e. The molecule has 0 bridgehead atoms. The molecule has 0 aliphatic heterocycles. The van der Waals surface area contributed by atoms with Gasteiger partial charge in [-0.1, -0.05) is 39.7 Å². The quantitative estimate of drug-likeness (QED) is 0.539. The second-order valence-corrected chi connectivity index (χ2v) is 2.20. The molecule has 0 atom stereocenters. The molecule has 0 rings (SSSR count). The molecule has 0 unspecified atom stereocenters. The summed E-state index contributed by atoms with van der Waals surface area (Å²) in [6.45, 7) is 16.3. The lowest BCUT2D eigenvalue weighted by atomic mass is 10.2.